The van der Waals surface area contributed by atoms with E-state index in [-0.39, 0.29) is 16.0 Å². The van der Waals surface area contributed by atoms with Crippen LogP contribution in [-0.4, -0.2) is 50.3 Å². The Bertz CT molecular complexity index is 633. The molecule has 1 unspecified atom stereocenters. The minimum absolute atomic E-state index is 0.0962. The number of rotatable bonds is 2. The predicted molar refractivity (Wildman–Crippen MR) is 86.1 cm³/mol. The zero-order chi connectivity index (χ0) is 15.8. The maximum absolute atomic E-state index is 12.9. The number of hydrogen-bond acceptors (Lipinski definition) is 4. The van der Waals surface area contributed by atoms with Gasteiger partial charge in [-0.3, -0.25) is 0 Å². The van der Waals surface area contributed by atoms with Crippen LogP contribution in [0.5, 0.6) is 0 Å². The van der Waals surface area contributed by atoms with Gasteiger partial charge in [-0.15, -0.1) is 0 Å². The van der Waals surface area contributed by atoms with Crippen molar-refractivity contribution in [2.24, 2.45) is 0 Å². The molecule has 0 bridgehead atoms. The lowest BCUT2D eigenvalue weighted by molar-refractivity contribution is 0.290. The van der Waals surface area contributed by atoms with Gasteiger partial charge in [-0.25, -0.2) is 8.42 Å². The average molecular weight is 332 g/mol. The summed E-state index contributed by atoms with van der Waals surface area (Å²) in [5, 5.41) is 0.228. The third-order valence-electron chi connectivity index (χ3n) is 3.89. The lowest BCUT2D eigenvalue weighted by atomic mass is 10.2. The van der Waals surface area contributed by atoms with E-state index in [9.17, 15) is 8.42 Å². The van der Waals surface area contributed by atoms with Crippen LogP contribution in [0.4, 0.5) is 5.69 Å². The van der Waals surface area contributed by atoms with Gasteiger partial charge in [0.05, 0.1) is 5.02 Å². The van der Waals surface area contributed by atoms with E-state index in [0.717, 1.165) is 18.5 Å². The highest BCUT2D eigenvalue weighted by molar-refractivity contribution is 7.89. The van der Waals surface area contributed by atoms with Crippen LogP contribution >= 0.6 is 11.6 Å². The highest BCUT2D eigenvalue weighted by Gasteiger charge is 2.32. The molecule has 118 valence electrons. The fraction of sp³-hybridized carbons (Fsp3) is 0.571. The summed E-state index contributed by atoms with van der Waals surface area (Å²) in [4.78, 5) is 2.24. The second kappa shape index (κ2) is 6.12. The number of halogens is 1. The maximum atomic E-state index is 12.9. The highest BCUT2D eigenvalue weighted by atomic mass is 35.5. The Kier molecular flexibility index (Phi) is 4.82. The van der Waals surface area contributed by atoms with Crippen LogP contribution in [0.15, 0.2) is 17.0 Å². The molecule has 0 amide bonds. The summed E-state index contributed by atoms with van der Waals surface area (Å²) in [6.45, 7) is 5.82. The van der Waals surface area contributed by atoms with Gasteiger partial charge in [-0.05, 0) is 51.6 Å². The van der Waals surface area contributed by atoms with Crippen LogP contribution in [0.2, 0.25) is 5.02 Å². The number of anilines is 1. The summed E-state index contributed by atoms with van der Waals surface area (Å²) in [5.74, 6) is 0. The van der Waals surface area contributed by atoms with Crippen molar-refractivity contribution in [3.8, 4) is 0 Å². The Balaban J connectivity index is 2.44. The van der Waals surface area contributed by atoms with Crippen molar-refractivity contribution in [3.63, 3.8) is 0 Å². The van der Waals surface area contributed by atoms with Crippen molar-refractivity contribution in [1.82, 2.24) is 9.21 Å². The minimum atomic E-state index is -3.63. The van der Waals surface area contributed by atoms with E-state index in [4.69, 9.17) is 17.3 Å². The summed E-state index contributed by atoms with van der Waals surface area (Å²) in [6.07, 6.45) is 0.805. The predicted octanol–water partition coefficient (Wildman–Crippen LogP) is 1.95. The third kappa shape index (κ3) is 3.34. The van der Waals surface area contributed by atoms with Gasteiger partial charge in [-0.2, -0.15) is 4.31 Å². The van der Waals surface area contributed by atoms with Crippen molar-refractivity contribution in [1.29, 1.82) is 0 Å². The van der Waals surface area contributed by atoms with Gasteiger partial charge in [0, 0.05) is 24.8 Å². The molecule has 2 N–H and O–H groups in total. The fourth-order valence-electron chi connectivity index (χ4n) is 2.70. The van der Waals surface area contributed by atoms with Crippen LogP contribution < -0.4 is 5.73 Å². The minimum Gasteiger partial charge on any atom is -0.398 e. The van der Waals surface area contributed by atoms with Gasteiger partial charge in [0.2, 0.25) is 10.0 Å². The molecule has 0 aliphatic carbocycles. The van der Waals surface area contributed by atoms with E-state index in [1.807, 2.05) is 14.0 Å². The van der Waals surface area contributed by atoms with Crippen LogP contribution in [0.1, 0.15) is 18.9 Å². The Hall–Kier alpha value is -0.820. The number of hydrogen-bond donors (Lipinski definition) is 1. The Morgan fingerprint density at radius 2 is 2.00 bits per heavy atom. The van der Waals surface area contributed by atoms with Gasteiger partial charge in [0.1, 0.15) is 4.90 Å². The van der Waals surface area contributed by atoms with Crippen molar-refractivity contribution in [3.05, 3.63) is 22.7 Å². The number of sulfonamides is 1. The first-order valence-electron chi connectivity index (χ1n) is 6.99. The maximum Gasteiger partial charge on any atom is 0.244 e. The Morgan fingerprint density at radius 1 is 1.33 bits per heavy atom. The fourth-order valence-corrected chi connectivity index (χ4v) is 4.95. The molecule has 0 aromatic heterocycles. The smallest absolute Gasteiger partial charge is 0.244 e. The SMILES string of the molecule is Cc1cc(Cl)c(S(=O)(=O)N2CCCN(C)CC2C)cc1N. The molecule has 1 heterocycles. The van der Waals surface area contributed by atoms with Crippen molar-refractivity contribution in [2.45, 2.75) is 31.2 Å². The summed E-state index contributed by atoms with van der Waals surface area (Å²) in [6, 6.07) is 2.98. The molecule has 0 radical (unpaired) electrons. The standard InChI is InChI=1S/C14H22ClN3O2S/c1-10-7-12(15)14(8-13(10)16)21(19,20)18-6-4-5-17(3)9-11(18)2/h7-8,11H,4-6,9,16H2,1-3H3. The number of aryl methyl sites for hydroxylation is 1. The molecule has 1 aromatic rings. The molecule has 1 aliphatic rings. The molecule has 21 heavy (non-hydrogen) atoms. The molecular formula is C14H22ClN3O2S. The number of benzene rings is 1. The number of nitrogens with zero attached hydrogens (tertiary/aromatic N) is 2. The first kappa shape index (κ1) is 16.5. The van der Waals surface area contributed by atoms with E-state index < -0.39 is 10.0 Å². The average Bonchev–Trinajstić information content (AvgIpc) is 2.54. The quantitative estimate of drug-likeness (QED) is 0.841. The van der Waals surface area contributed by atoms with E-state index >= 15 is 0 Å². The van der Waals surface area contributed by atoms with E-state index in [1.54, 1.807) is 13.0 Å². The molecular weight excluding hydrogens is 310 g/mol. The summed E-state index contributed by atoms with van der Waals surface area (Å²) in [5.41, 5.74) is 7.08. The van der Waals surface area contributed by atoms with Gasteiger partial charge in [0.25, 0.3) is 0 Å². The summed E-state index contributed by atoms with van der Waals surface area (Å²) < 4.78 is 27.4. The number of likely N-dealkylation sites (N-methyl/N-ethyl adjacent to an activating group) is 1. The van der Waals surface area contributed by atoms with Crippen LogP contribution in [0, 0.1) is 6.92 Å². The van der Waals surface area contributed by atoms with Crippen LogP contribution in [0.25, 0.3) is 0 Å². The molecule has 5 nitrogen and oxygen atoms in total. The molecule has 1 fully saturated rings. The molecule has 1 saturated heterocycles. The van der Waals surface area contributed by atoms with Crippen LogP contribution in [-0.2, 0) is 10.0 Å². The first-order chi connectivity index (χ1) is 9.73. The van der Waals surface area contributed by atoms with Gasteiger partial charge in [-0.1, -0.05) is 11.6 Å². The summed E-state index contributed by atoms with van der Waals surface area (Å²) >= 11 is 6.15. The van der Waals surface area contributed by atoms with Crippen molar-refractivity contribution < 1.29 is 8.42 Å². The largest absolute Gasteiger partial charge is 0.398 e. The lowest BCUT2D eigenvalue weighted by Crippen LogP contribution is -2.42. The molecule has 1 aliphatic heterocycles. The lowest BCUT2D eigenvalue weighted by Gasteiger charge is -2.27. The monoisotopic (exact) mass is 331 g/mol. The Labute approximate surface area is 131 Å². The zero-order valence-corrected chi connectivity index (χ0v) is 14.2. The molecule has 0 spiro atoms. The summed E-state index contributed by atoms with van der Waals surface area (Å²) in [7, 11) is -1.63. The van der Waals surface area contributed by atoms with Crippen molar-refractivity contribution >= 4 is 27.3 Å². The van der Waals surface area contributed by atoms with Gasteiger partial charge >= 0.3 is 0 Å². The van der Waals surface area contributed by atoms with Crippen molar-refractivity contribution in [2.75, 3.05) is 32.4 Å². The molecule has 1 aromatic carbocycles. The van der Waals surface area contributed by atoms with E-state index in [0.29, 0.717) is 18.8 Å². The normalized spacial score (nSPS) is 22.2. The number of nitrogen functional groups attached to an aromatic ring is 1. The van der Waals surface area contributed by atoms with E-state index in [2.05, 4.69) is 4.90 Å². The highest BCUT2D eigenvalue weighted by Crippen LogP contribution is 2.30. The zero-order valence-electron chi connectivity index (χ0n) is 12.6. The molecule has 2 rings (SSSR count). The molecule has 0 saturated carbocycles. The Morgan fingerprint density at radius 3 is 2.67 bits per heavy atom. The van der Waals surface area contributed by atoms with Gasteiger partial charge < -0.3 is 10.6 Å². The van der Waals surface area contributed by atoms with E-state index in [1.165, 1.54) is 10.4 Å². The topological polar surface area (TPSA) is 66.6 Å². The van der Waals surface area contributed by atoms with Gasteiger partial charge in [0.15, 0.2) is 0 Å². The third-order valence-corrected chi connectivity index (χ3v) is 6.37. The second-order valence-corrected chi connectivity index (χ2v) is 7.99. The first-order valence-corrected chi connectivity index (χ1v) is 8.81. The number of nitrogens with two attached hydrogens (primary N) is 1. The molecule has 7 heteroatoms. The second-order valence-electron chi connectivity index (χ2n) is 5.72. The van der Waals surface area contributed by atoms with Crippen LogP contribution in [0.3, 0.4) is 0 Å². The molecule has 1 atom stereocenters.